The quantitative estimate of drug-likeness (QED) is 0.479. The van der Waals surface area contributed by atoms with Crippen LogP contribution < -0.4 is 10.2 Å². The van der Waals surface area contributed by atoms with Crippen molar-refractivity contribution in [3.63, 3.8) is 0 Å². The van der Waals surface area contributed by atoms with Gasteiger partial charge in [-0.1, -0.05) is 48.0 Å². The van der Waals surface area contributed by atoms with E-state index in [-0.39, 0.29) is 16.5 Å². The fourth-order valence-corrected chi connectivity index (χ4v) is 2.40. The largest absolute Gasteiger partial charge is 2.00 e. The van der Waals surface area contributed by atoms with E-state index in [0.717, 1.165) is 22.7 Å². The van der Waals surface area contributed by atoms with Gasteiger partial charge in [-0.3, -0.25) is 9.98 Å². The molecule has 1 heterocycles. The van der Waals surface area contributed by atoms with Crippen LogP contribution in [-0.2, 0) is 16.5 Å². The number of aromatic nitrogens is 1. The van der Waals surface area contributed by atoms with E-state index in [1.807, 2.05) is 25.1 Å². The molecule has 4 nitrogen and oxygen atoms in total. The van der Waals surface area contributed by atoms with Crippen molar-refractivity contribution >= 4 is 11.4 Å². The van der Waals surface area contributed by atoms with Gasteiger partial charge in [0.1, 0.15) is 0 Å². The fraction of sp³-hybridized carbons (Fsp3) is 0.182. The van der Waals surface area contributed by atoms with E-state index < -0.39 is 11.5 Å². The van der Waals surface area contributed by atoms with E-state index in [9.17, 15) is 10.2 Å². The number of nitrogens with zero attached hydrogens (tertiary/aromatic N) is 2. The number of aliphatic imine (C=N–C) groups is 1. The standard InChI is InChI=1S/C15H16N2.C7H8O2.Ni/c1-11-7-6-8-12(2)15(11)17-13(3)14-9-4-5-10-16-14;1-5-2-3-6(8)7(9)4-5;/h4-10H,1-3H3;2-4,8-9H,1H3;/q;;+2/p-2. The molecule has 0 spiro atoms. The Balaban J connectivity index is 0.000000310. The summed E-state index contributed by atoms with van der Waals surface area (Å²) in [5, 5.41) is 21.0. The van der Waals surface area contributed by atoms with Gasteiger partial charge < -0.3 is 10.2 Å². The maximum Gasteiger partial charge on any atom is 2.00 e. The molecule has 0 fully saturated rings. The second-order valence-corrected chi connectivity index (χ2v) is 6.10. The first-order chi connectivity index (χ1) is 12.4. The SMILES string of the molecule is CC(=Nc1c(C)cccc1C)c1ccccn1.Cc1ccc([O-])c([O-])c1.[Ni+2]. The maximum atomic E-state index is 10.5. The zero-order valence-electron chi connectivity index (χ0n) is 15.8. The molecule has 3 rings (SSSR count). The normalized spacial score (nSPS) is 10.4. The monoisotopic (exact) mass is 404 g/mol. The molecule has 1 aromatic heterocycles. The van der Waals surface area contributed by atoms with Gasteiger partial charge in [-0.2, -0.15) is 0 Å². The Morgan fingerprint density at radius 3 is 2.04 bits per heavy atom. The second kappa shape index (κ2) is 10.5. The smallest absolute Gasteiger partial charge is 0.873 e. The Labute approximate surface area is 170 Å². The van der Waals surface area contributed by atoms with Gasteiger partial charge >= 0.3 is 16.5 Å². The molecule has 0 atom stereocenters. The zero-order valence-corrected chi connectivity index (χ0v) is 16.8. The summed E-state index contributed by atoms with van der Waals surface area (Å²) < 4.78 is 0. The Morgan fingerprint density at radius 2 is 1.52 bits per heavy atom. The summed E-state index contributed by atoms with van der Waals surface area (Å²) in [6, 6.07) is 16.3. The van der Waals surface area contributed by atoms with Crippen molar-refractivity contribution in [3.8, 4) is 11.5 Å². The van der Waals surface area contributed by atoms with Gasteiger partial charge in [0, 0.05) is 6.20 Å². The average Bonchev–Trinajstić information content (AvgIpc) is 2.63. The van der Waals surface area contributed by atoms with E-state index in [1.165, 1.54) is 23.3 Å². The van der Waals surface area contributed by atoms with Crippen molar-refractivity contribution in [1.82, 2.24) is 4.98 Å². The third-order valence-electron chi connectivity index (χ3n) is 3.85. The van der Waals surface area contributed by atoms with Crippen LogP contribution in [-0.4, -0.2) is 10.7 Å². The summed E-state index contributed by atoms with van der Waals surface area (Å²) in [6.45, 7) is 7.93. The molecular formula is C22H22N2NiO2. The molecule has 27 heavy (non-hydrogen) atoms. The minimum absolute atomic E-state index is 0. The number of benzene rings is 2. The van der Waals surface area contributed by atoms with Crippen molar-refractivity contribution in [2.45, 2.75) is 27.7 Å². The number of aryl methyl sites for hydroxylation is 3. The number of pyridine rings is 1. The van der Waals surface area contributed by atoms with Gasteiger partial charge in [-0.05, 0) is 51.0 Å². The van der Waals surface area contributed by atoms with E-state index >= 15 is 0 Å². The van der Waals surface area contributed by atoms with Crippen LogP contribution in [0.5, 0.6) is 11.5 Å². The molecule has 0 unspecified atom stereocenters. The van der Waals surface area contributed by atoms with Crippen LogP contribution in [0.4, 0.5) is 5.69 Å². The molecule has 2 aromatic carbocycles. The van der Waals surface area contributed by atoms with Gasteiger partial charge in [0.2, 0.25) is 0 Å². The van der Waals surface area contributed by atoms with Crippen molar-refractivity contribution in [2.75, 3.05) is 0 Å². The van der Waals surface area contributed by atoms with E-state index in [4.69, 9.17) is 0 Å². The molecule has 0 aliphatic carbocycles. The molecule has 0 aliphatic heterocycles. The third-order valence-corrected chi connectivity index (χ3v) is 3.85. The number of para-hydroxylation sites is 1. The molecule has 5 heteroatoms. The van der Waals surface area contributed by atoms with Crippen LogP contribution in [0.15, 0.2) is 65.8 Å². The van der Waals surface area contributed by atoms with Gasteiger partial charge in [0.05, 0.1) is 17.1 Å². The predicted octanol–water partition coefficient (Wildman–Crippen LogP) is 3.98. The molecule has 0 aliphatic rings. The van der Waals surface area contributed by atoms with Crippen LogP contribution in [0.25, 0.3) is 0 Å². The Kier molecular flexibility index (Phi) is 8.70. The second-order valence-electron chi connectivity index (χ2n) is 6.10. The molecule has 142 valence electrons. The summed E-state index contributed by atoms with van der Waals surface area (Å²) in [7, 11) is 0. The first kappa shape index (κ1) is 22.4. The van der Waals surface area contributed by atoms with Crippen LogP contribution >= 0.6 is 0 Å². The minimum atomic E-state index is -0.430. The minimum Gasteiger partial charge on any atom is -0.873 e. The van der Waals surface area contributed by atoms with Crippen LogP contribution in [0.3, 0.4) is 0 Å². The Hall–Kier alpha value is -2.65. The van der Waals surface area contributed by atoms with E-state index in [2.05, 4.69) is 42.0 Å². The average molecular weight is 405 g/mol. The van der Waals surface area contributed by atoms with Gasteiger partial charge in [0.25, 0.3) is 0 Å². The summed E-state index contributed by atoms with van der Waals surface area (Å²) >= 11 is 0. The summed E-state index contributed by atoms with van der Waals surface area (Å²) in [6.07, 6.45) is 1.79. The first-order valence-corrected chi connectivity index (χ1v) is 8.36. The number of rotatable bonds is 2. The maximum absolute atomic E-state index is 10.5. The molecule has 0 N–H and O–H groups in total. The van der Waals surface area contributed by atoms with Crippen molar-refractivity contribution in [3.05, 3.63) is 83.2 Å². The van der Waals surface area contributed by atoms with Crippen LogP contribution in [0, 0.1) is 20.8 Å². The molecule has 0 radical (unpaired) electrons. The van der Waals surface area contributed by atoms with Gasteiger partial charge in [-0.25, -0.2) is 0 Å². The topological polar surface area (TPSA) is 71.4 Å². The fourth-order valence-electron chi connectivity index (χ4n) is 2.40. The summed E-state index contributed by atoms with van der Waals surface area (Å²) in [4.78, 5) is 8.99. The van der Waals surface area contributed by atoms with Crippen molar-refractivity contribution in [1.29, 1.82) is 0 Å². The predicted molar refractivity (Wildman–Crippen MR) is 102 cm³/mol. The molecule has 0 amide bonds. The molecule has 3 aromatic rings. The Morgan fingerprint density at radius 1 is 0.852 bits per heavy atom. The Bertz CT molecular complexity index is 889. The first-order valence-electron chi connectivity index (χ1n) is 8.36. The van der Waals surface area contributed by atoms with Crippen LogP contribution in [0.1, 0.15) is 29.3 Å². The third kappa shape index (κ3) is 6.54. The number of hydrogen-bond donors (Lipinski definition) is 0. The molecule has 0 saturated carbocycles. The van der Waals surface area contributed by atoms with Crippen LogP contribution in [0.2, 0.25) is 0 Å². The number of hydrogen-bond acceptors (Lipinski definition) is 4. The van der Waals surface area contributed by atoms with E-state index in [1.54, 1.807) is 19.2 Å². The van der Waals surface area contributed by atoms with Crippen molar-refractivity contribution in [2.24, 2.45) is 4.99 Å². The summed E-state index contributed by atoms with van der Waals surface area (Å²) in [5.41, 5.74) is 6.15. The van der Waals surface area contributed by atoms with Gasteiger partial charge in [-0.15, -0.1) is 11.5 Å². The van der Waals surface area contributed by atoms with Gasteiger partial charge in [0.15, 0.2) is 0 Å². The molecule has 0 saturated heterocycles. The van der Waals surface area contributed by atoms with Crippen molar-refractivity contribution < 1.29 is 26.7 Å². The summed E-state index contributed by atoms with van der Waals surface area (Å²) in [5.74, 6) is -0.851. The zero-order chi connectivity index (χ0) is 19.1. The molecule has 0 bridgehead atoms. The molecular weight excluding hydrogens is 383 g/mol. The van der Waals surface area contributed by atoms with E-state index in [0.29, 0.717) is 0 Å².